The van der Waals surface area contributed by atoms with Crippen molar-refractivity contribution in [3.8, 4) is 0 Å². The maximum atomic E-state index is 12.3. The molecule has 1 aliphatic rings. The Hall–Kier alpha value is -0.210. The van der Waals surface area contributed by atoms with Crippen LogP contribution in [0.3, 0.4) is 0 Å². The molecule has 0 bridgehead atoms. The van der Waals surface area contributed by atoms with Gasteiger partial charge in [-0.1, -0.05) is 26.2 Å². The Labute approximate surface area is 71.1 Å². The van der Waals surface area contributed by atoms with Gasteiger partial charge >= 0.3 is 6.18 Å². The van der Waals surface area contributed by atoms with E-state index < -0.39 is 11.6 Å². The summed E-state index contributed by atoms with van der Waals surface area (Å²) in [6, 6.07) is 0. The molecule has 0 aromatic heterocycles. The van der Waals surface area contributed by atoms with Gasteiger partial charge in [-0.2, -0.15) is 13.2 Å². The zero-order valence-corrected chi connectivity index (χ0v) is 7.38. The van der Waals surface area contributed by atoms with E-state index in [1.165, 1.54) is 0 Å². The van der Waals surface area contributed by atoms with E-state index in [2.05, 4.69) is 0 Å². The van der Waals surface area contributed by atoms with Crippen LogP contribution in [-0.2, 0) is 0 Å². The Balaban J connectivity index is 2.30. The molecule has 0 radical (unpaired) electrons. The van der Waals surface area contributed by atoms with Crippen molar-refractivity contribution >= 4 is 0 Å². The summed E-state index contributed by atoms with van der Waals surface area (Å²) in [6.07, 6.45) is -0.215. The van der Waals surface area contributed by atoms with Crippen LogP contribution >= 0.6 is 0 Å². The molecule has 0 N–H and O–H groups in total. The maximum absolute atomic E-state index is 12.3. The molecule has 12 heavy (non-hydrogen) atoms. The molecule has 0 aliphatic heterocycles. The van der Waals surface area contributed by atoms with Crippen LogP contribution in [0.2, 0.25) is 0 Å². The highest BCUT2D eigenvalue weighted by Crippen LogP contribution is 2.60. The van der Waals surface area contributed by atoms with Crippen LogP contribution in [0.5, 0.6) is 0 Å². The van der Waals surface area contributed by atoms with E-state index in [4.69, 9.17) is 0 Å². The predicted octanol–water partition coefficient (Wildman–Crippen LogP) is 3.91. The highest BCUT2D eigenvalue weighted by molar-refractivity contribution is 4.98. The SMILES string of the molecule is CCCCCC1(C(F)(F)F)CC1. The first-order valence-electron chi connectivity index (χ1n) is 4.58. The summed E-state index contributed by atoms with van der Waals surface area (Å²) < 4.78 is 37.0. The van der Waals surface area contributed by atoms with E-state index in [1.54, 1.807) is 0 Å². The van der Waals surface area contributed by atoms with Crippen LogP contribution in [0.1, 0.15) is 45.4 Å². The van der Waals surface area contributed by atoms with E-state index in [0.717, 1.165) is 19.3 Å². The molecule has 0 atom stereocenters. The van der Waals surface area contributed by atoms with Crippen molar-refractivity contribution in [3.63, 3.8) is 0 Å². The third kappa shape index (κ3) is 1.93. The number of hydrogen-bond donors (Lipinski definition) is 0. The quantitative estimate of drug-likeness (QED) is 0.575. The van der Waals surface area contributed by atoms with Gasteiger partial charge in [-0.05, 0) is 19.3 Å². The second kappa shape index (κ2) is 3.27. The molecule has 1 aliphatic carbocycles. The standard InChI is InChI=1S/C9H15F3/c1-2-3-4-5-8(6-7-8)9(10,11)12/h2-7H2,1H3. The Morgan fingerprint density at radius 2 is 1.75 bits per heavy atom. The summed E-state index contributed by atoms with van der Waals surface area (Å²) in [5.74, 6) is 0. The third-order valence-electron chi connectivity index (χ3n) is 2.71. The van der Waals surface area contributed by atoms with Gasteiger partial charge in [0.1, 0.15) is 0 Å². The summed E-state index contributed by atoms with van der Waals surface area (Å²) in [7, 11) is 0. The average molecular weight is 180 g/mol. The fourth-order valence-electron chi connectivity index (χ4n) is 1.54. The zero-order chi connectivity index (χ0) is 9.24. The molecule has 0 nitrogen and oxygen atoms in total. The van der Waals surface area contributed by atoms with Gasteiger partial charge in [0.2, 0.25) is 0 Å². The summed E-state index contributed by atoms with van der Waals surface area (Å²) in [5, 5.41) is 0. The van der Waals surface area contributed by atoms with Crippen LogP contribution in [0.15, 0.2) is 0 Å². The fourth-order valence-corrected chi connectivity index (χ4v) is 1.54. The van der Waals surface area contributed by atoms with Gasteiger partial charge in [0.05, 0.1) is 5.41 Å². The topological polar surface area (TPSA) is 0 Å². The predicted molar refractivity (Wildman–Crippen MR) is 41.9 cm³/mol. The summed E-state index contributed by atoms with van der Waals surface area (Å²) >= 11 is 0. The first kappa shape index (κ1) is 9.87. The third-order valence-corrected chi connectivity index (χ3v) is 2.71. The molecule has 0 amide bonds. The second-order valence-corrected chi connectivity index (χ2v) is 3.74. The minimum atomic E-state index is -3.94. The molecular weight excluding hydrogens is 165 g/mol. The highest BCUT2D eigenvalue weighted by Gasteiger charge is 2.62. The van der Waals surface area contributed by atoms with Gasteiger partial charge in [0, 0.05) is 0 Å². The van der Waals surface area contributed by atoms with Crippen LogP contribution < -0.4 is 0 Å². The van der Waals surface area contributed by atoms with E-state index in [0.29, 0.717) is 19.3 Å². The van der Waals surface area contributed by atoms with Gasteiger partial charge in [0.25, 0.3) is 0 Å². The normalized spacial score (nSPS) is 21.0. The number of rotatable bonds is 4. The lowest BCUT2D eigenvalue weighted by Gasteiger charge is -2.18. The lowest BCUT2D eigenvalue weighted by atomic mass is 9.98. The largest absolute Gasteiger partial charge is 0.394 e. The molecule has 0 spiro atoms. The fraction of sp³-hybridized carbons (Fsp3) is 1.00. The van der Waals surface area contributed by atoms with Crippen molar-refractivity contribution in [1.29, 1.82) is 0 Å². The van der Waals surface area contributed by atoms with Crippen LogP contribution in [0, 0.1) is 5.41 Å². The highest BCUT2D eigenvalue weighted by atomic mass is 19.4. The number of hydrogen-bond acceptors (Lipinski definition) is 0. The van der Waals surface area contributed by atoms with Crippen LogP contribution in [0.25, 0.3) is 0 Å². The Kier molecular flexibility index (Phi) is 2.69. The van der Waals surface area contributed by atoms with Gasteiger partial charge in [-0.15, -0.1) is 0 Å². The van der Waals surface area contributed by atoms with E-state index >= 15 is 0 Å². The minimum absolute atomic E-state index is 0.352. The molecular formula is C9H15F3. The molecule has 3 heteroatoms. The molecule has 0 aromatic rings. The summed E-state index contributed by atoms with van der Waals surface area (Å²) in [5.41, 5.74) is -1.26. The molecule has 1 fully saturated rings. The maximum Gasteiger partial charge on any atom is 0.394 e. The van der Waals surface area contributed by atoms with Crippen molar-refractivity contribution in [1.82, 2.24) is 0 Å². The molecule has 0 heterocycles. The second-order valence-electron chi connectivity index (χ2n) is 3.74. The Morgan fingerprint density at radius 3 is 2.08 bits per heavy atom. The van der Waals surface area contributed by atoms with Crippen LogP contribution in [-0.4, -0.2) is 6.18 Å². The van der Waals surface area contributed by atoms with E-state index in [1.807, 2.05) is 6.92 Å². The molecule has 1 rings (SSSR count). The smallest absolute Gasteiger partial charge is 0.171 e. The van der Waals surface area contributed by atoms with Gasteiger partial charge in [0.15, 0.2) is 0 Å². The molecule has 0 aromatic carbocycles. The summed E-state index contributed by atoms with van der Waals surface area (Å²) in [6.45, 7) is 2.01. The van der Waals surface area contributed by atoms with Gasteiger partial charge < -0.3 is 0 Å². The summed E-state index contributed by atoms with van der Waals surface area (Å²) in [4.78, 5) is 0. The Bertz CT molecular complexity index is 144. The van der Waals surface area contributed by atoms with Crippen molar-refractivity contribution in [3.05, 3.63) is 0 Å². The van der Waals surface area contributed by atoms with Gasteiger partial charge in [-0.25, -0.2) is 0 Å². The Morgan fingerprint density at radius 1 is 1.17 bits per heavy atom. The first-order chi connectivity index (χ1) is 5.52. The monoisotopic (exact) mass is 180 g/mol. The van der Waals surface area contributed by atoms with Crippen molar-refractivity contribution in [2.45, 2.75) is 51.6 Å². The van der Waals surface area contributed by atoms with E-state index in [-0.39, 0.29) is 0 Å². The molecule has 0 unspecified atom stereocenters. The average Bonchev–Trinajstić information content (AvgIpc) is 2.67. The van der Waals surface area contributed by atoms with Gasteiger partial charge in [-0.3, -0.25) is 0 Å². The first-order valence-corrected chi connectivity index (χ1v) is 4.58. The lowest BCUT2D eigenvalue weighted by Crippen LogP contribution is -2.24. The van der Waals surface area contributed by atoms with E-state index in [9.17, 15) is 13.2 Å². The minimum Gasteiger partial charge on any atom is -0.171 e. The number of alkyl halides is 3. The van der Waals surface area contributed by atoms with Crippen molar-refractivity contribution < 1.29 is 13.2 Å². The number of unbranched alkanes of at least 4 members (excludes halogenated alkanes) is 2. The van der Waals surface area contributed by atoms with Crippen molar-refractivity contribution in [2.24, 2.45) is 5.41 Å². The number of halogens is 3. The molecule has 0 saturated heterocycles. The molecule has 72 valence electrons. The zero-order valence-electron chi connectivity index (χ0n) is 7.38. The molecule has 1 saturated carbocycles. The van der Waals surface area contributed by atoms with Crippen molar-refractivity contribution in [2.75, 3.05) is 0 Å². The van der Waals surface area contributed by atoms with Crippen LogP contribution in [0.4, 0.5) is 13.2 Å². The lowest BCUT2D eigenvalue weighted by molar-refractivity contribution is -0.189.